The molecular weight excluding hydrogens is 324 g/mol. The van der Waals surface area contributed by atoms with Crippen molar-refractivity contribution in [1.82, 2.24) is 0 Å². The normalized spacial score (nSPS) is 34.2. The van der Waals surface area contributed by atoms with Gasteiger partial charge in [0.15, 0.2) is 11.5 Å². The van der Waals surface area contributed by atoms with E-state index in [1.807, 2.05) is 12.1 Å². The third-order valence-corrected chi connectivity index (χ3v) is 7.66. The zero-order valence-corrected chi connectivity index (χ0v) is 17.3. The zero-order valence-electron chi connectivity index (χ0n) is 17.3. The SMILES string of the molecule is C=C1CCC[C@@H]2[C@@](C)(c3c(OC)ccc(OC)c3OC)[C@H](C)CC[C@]12C. The van der Waals surface area contributed by atoms with E-state index in [9.17, 15) is 0 Å². The minimum atomic E-state index is -0.0540. The Morgan fingerprint density at radius 3 is 2.27 bits per heavy atom. The van der Waals surface area contributed by atoms with E-state index in [0.717, 1.165) is 23.7 Å². The van der Waals surface area contributed by atoms with Crippen LogP contribution >= 0.6 is 0 Å². The lowest BCUT2D eigenvalue weighted by Crippen LogP contribution is -2.53. The maximum Gasteiger partial charge on any atom is 0.168 e. The highest BCUT2D eigenvalue weighted by atomic mass is 16.5. The Kier molecular flexibility index (Phi) is 5.02. The Hall–Kier alpha value is -1.64. The van der Waals surface area contributed by atoms with Crippen molar-refractivity contribution in [2.24, 2.45) is 17.3 Å². The molecule has 144 valence electrons. The number of methoxy groups -OCH3 is 3. The number of ether oxygens (including phenoxy) is 3. The molecule has 0 aliphatic heterocycles. The summed E-state index contributed by atoms with van der Waals surface area (Å²) < 4.78 is 17.4. The number of hydrogen-bond acceptors (Lipinski definition) is 3. The quantitative estimate of drug-likeness (QED) is 0.640. The average molecular weight is 359 g/mol. The molecule has 2 aliphatic rings. The summed E-state index contributed by atoms with van der Waals surface area (Å²) in [7, 11) is 5.19. The summed E-state index contributed by atoms with van der Waals surface area (Å²) in [5.41, 5.74) is 2.72. The van der Waals surface area contributed by atoms with Gasteiger partial charge in [-0.1, -0.05) is 32.9 Å². The smallest absolute Gasteiger partial charge is 0.168 e. The van der Waals surface area contributed by atoms with Gasteiger partial charge in [0.05, 0.1) is 21.3 Å². The lowest BCUT2D eigenvalue weighted by atomic mass is 9.45. The number of fused-ring (bicyclic) bond motifs is 1. The van der Waals surface area contributed by atoms with Gasteiger partial charge in [0.25, 0.3) is 0 Å². The van der Waals surface area contributed by atoms with Crippen LogP contribution in [0.15, 0.2) is 24.3 Å². The maximum absolute atomic E-state index is 5.89. The number of hydrogen-bond donors (Lipinski definition) is 0. The van der Waals surface area contributed by atoms with Gasteiger partial charge in [-0.3, -0.25) is 0 Å². The molecule has 2 aliphatic carbocycles. The molecule has 0 saturated heterocycles. The van der Waals surface area contributed by atoms with Crippen molar-refractivity contribution < 1.29 is 14.2 Å². The van der Waals surface area contributed by atoms with E-state index in [-0.39, 0.29) is 10.8 Å². The van der Waals surface area contributed by atoms with Gasteiger partial charge in [0.1, 0.15) is 5.75 Å². The minimum Gasteiger partial charge on any atom is -0.496 e. The highest BCUT2D eigenvalue weighted by molar-refractivity contribution is 5.58. The topological polar surface area (TPSA) is 27.7 Å². The van der Waals surface area contributed by atoms with Crippen molar-refractivity contribution >= 4 is 0 Å². The van der Waals surface area contributed by atoms with Crippen LogP contribution in [0.25, 0.3) is 0 Å². The first-order valence-corrected chi connectivity index (χ1v) is 9.82. The number of allylic oxidation sites excluding steroid dienone is 1. The van der Waals surface area contributed by atoms with Gasteiger partial charge in [-0.2, -0.15) is 0 Å². The molecule has 1 aromatic carbocycles. The lowest BCUT2D eigenvalue weighted by molar-refractivity contribution is 0.00248. The summed E-state index contributed by atoms with van der Waals surface area (Å²) in [5, 5.41) is 0. The molecule has 0 heterocycles. The molecule has 3 nitrogen and oxygen atoms in total. The fraction of sp³-hybridized carbons (Fsp3) is 0.652. The monoisotopic (exact) mass is 358 g/mol. The summed E-state index contributed by atoms with van der Waals surface area (Å²) in [6.07, 6.45) is 6.01. The summed E-state index contributed by atoms with van der Waals surface area (Å²) in [5.74, 6) is 3.55. The number of benzene rings is 1. The van der Waals surface area contributed by atoms with Gasteiger partial charge in [-0.15, -0.1) is 0 Å². The van der Waals surface area contributed by atoms with Crippen molar-refractivity contribution in [3.63, 3.8) is 0 Å². The van der Waals surface area contributed by atoms with E-state index >= 15 is 0 Å². The zero-order chi connectivity index (χ0) is 19.1. The summed E-state index contributed by atoms with van der Waals surface area (Å²) in [4.78, 5) is 0. The van der Waals surface area contributed by atoms with E-state index in [1.165, 1.54) is 36.8 Å². The standard InChI is InChI=1S/C23H34O3/c1-15-9-8-10-19-22(15,3)14-13-16(2)23(19,4)20-17(24-5)11-12-18(25-6)21(20)26-7/h11-12,16,19H,1,8-10,13-14H2,2-7H3/t16-,19+,22-,23+/m1/s1. The van der Waals surface area contributed by atoms with Crippen LogP contribution in [0.2, 0.25) is 0 Å². The van der Waals surface area contributed by atoms with Crippen LogP contribution in [0, 0.1) is 17.3 Å². The van der Waals surface area contributed by atoms with E-state index in [4.69, 9.17) is 14.2 Å². The van der Waals surface area contributed by atoms with Gasteiger partial charge in [0, 0.05) is 11.0 Å². The molecule has 0 bridgehead atoms. The fourth-order valence-electron chi connectivity index (χ4n) is 5.85. The molecule has 2 saturated carbocycles. The molecule has 2 fully saturated rings. The van der Waals surface area contributed by atoms with Crippen LogP contribution in [0.4, 0.5) is 0 Å². The van der Waals surface area contributed by atoms with E-state index in [0.29, 0.717) is 11.8 Å². The Morgan fingerprint density at radius 2 is 1.65 bits per heavy atom. The third kappa shape index (κ3) is 2.54. The highest BCUT2D eigenvalue weighted by Gasteiger charge is 2.56. The van der Waals surface area contributed by atoms with Gasteiger partial charge in [-0.25, -0.2) is 0 Å². The van der Waals surface area contributed by atoms with Gasteiger partial charge >= 0.3 is 0 Å². The van der Waals surface area contributed by atoms with Crippen molar-refractivity contribution in [2.75, 3.05) is 21.3 Å². The average Bonchev–Trinajstić information content (AvgIpc) is 2.65. The largest absolute Gasteiger partial charge is 0.496 e. The van der Waals surface area contributed by atoms with Gasteiger partial charge in [0.2, 0.25) is 0 Å². The molecular formula is C23H34O3. The summed E-state index contributed by atoms with van der Waals surface area (Å²) >= 11 is 0. The van der Waals surface area contributed by atoms with Crippen molar-refractivity contribution in [3.05, 3.63) is 29.8 Å². The molecule has 0 amide bonds. The predicted molar refractivity (Wildman–Crippen MR) is 106 cm³/mol. The van der Waals surface area contributed by atoms with Gasteiger partial charge < -0.3 is 14.2 Å². The molecule has 3 heteroatoms. The fourth-order valence-corrected chi connectivity index (χ4v) is 5.85. The van der Waals surface area contributed by atoms with E-state index in [2.05, 4.69) is 27.4 Å². The molecule has 0 spiro atoms. The molecule has 0 radical (unpaired) electrons. The summed E-state index contributed by atoms with van der Waals surface area (Å²) in [6, 6.07) is 3.97. The van der Waals surface area contributed by atoms with Crippen LogP contribution in [0.1, 0.15) is 58.4 Å². The maximum atomic E-state index is 5.89. The van der Waals surface area contributed by atoms with E-state index in [1.54, 1.807) is 21.3 Å². The second kappa shape index (κ2) is 6.83. The molecule has 1 aromatic rings. The molecule has 26 heavy (non-hydrogen) atoms. The van der Waals surface area contributed by atoms with Crippen molar-refractivity contribution in [2.45, 2.75) is 58.3 Å². The first kappa shape index (κ1) is 19.1. The van der Waals surface area contributed by atoms with E-state index < -0.39 is 0 Å². The first-order valence-electron chi connectivity index (χ1n) is 9.82. The Balaban J connectivity index is 2.27. The summed E-state index contributed by atoms with van der Waals surface area (Å²) in [6.45, 7) is 11.7. The third-order valence-electron chi connectivity index (χ3n) is 7.66. The highest BCUT2D eigenvalue weighted by Crippen LogP contribution is 2.64. The molecule has 0 N–H and O–H groups in total. The Labute approximate surface area is 158 Å². The van der Waals surface area contributed by atoms with Crippen LogP contribution in [0.3, 0.4) is 0 Å². The molecule has 3 rings (SSSR count). The van der Waals surface area contributed by atoms with Gasteiger partial charge in [-0.05, 0) is 61.5 Å². The molecule has 0 aromatic heterocycles. The van der Waals surface area contributed by atoms with Crippen molar-refractivity contribution in [3.8, 4) is 17.2 Å². The van der Waals surface area contributed by atoms with Crippen LogP contribution < -0.4 is 14.2 Å². The second-order valence-electron chi connectivity index (χ2n) is 8.57. The Bertz CT molecular complexity index is 695. The molecule has 0 unspecified atom stereocenters. The number of rotatable bonds is 4. The predicted octanol–water partition coefficient (Wildman–Crippen LogP) is 5.76. The minimum absolute atomic E-state index is 0.0540. The second-order valence-corrected chi connectivity index (χ2v) is 8.57. The van der Waals surface area contributed by atoms with Crippen LogP contribution in [-0.4, -0.2) is 21.3 Å². The Morgan fingerprint density at radius 1 is 1.00 bits per heavy atom. The first-order chi connectivity index (χ1) is 12.3. The lowest BCUT2D eigenvalue weighted by Gasteiger charge is -2.59. The van der Waals surface area contributed by atoms with Crippen LogP contribution in [0.5, 0.6) is 17.2 Å². The van der Waals surface area contributed by atoms with Crippen molar-refractivity contribution in [1.29, 1.82) is 0 Å². The molecule has 4 atom stereocenters. The van der Waals surface area contributed by atoms with Crippen LogP contribution in [-0.2, 0) is 5.41 Å².